The van der Waals surface area contributed by atoms with Crippen LogP contribution in [0.15, 0.2) is 82.2 Å². The van der Waals surface area contributed by atoms with Gasteiger partial charge in [0, 0.05) is 23.1 Å². The van der Waals surface area contributed by atoms with Crippen LogP contribution in [0.3, 0.4) is 0 Å². The first-order valence-electron chi connectivity index (χ1n) is 8.77. The minimum absolute atomic E-state index is 0.172. The average molecular weight is 373 g/mol. The molecule has 0 fully saturated rings. The maximum Gasteiger partial charge on any atom is 0.161 e. The zero-order valence-electron chi connectivity index (χ0n) is 15.5. The predicted molar refractivity (Wildman–Crippen MR) is 108 cm³/mol. The van der Waals surface area contributed by atoms with E-state index in [1.807, 2.05) is 54.6 Å². The van der Waals surface area contributed by atoms with Gasteiger partial charge in [-0.2, -0.15) is 0 Å². The molecule has 0 amide bonds. The van der Waals surface area contributed by atoms with Gasteiger partial charge in [0.1, 0.15) is 17.1 Å². The topological polar surface area (TPSA) is 64.2 Å². The Morgan fingerprint density at radius 2 is 1.64 bits per heavy atom. The SMILES string of the molecule is COc1ccc(-c2cc(=Nc3cccc(O)c3)c3ccccc3o2)cc1OC. The van der Waals surface area contributed by atoms with E-state index in [1.54, 1.807) is 32.4 Å². The third kappa shape index (κ3) is 3.42. The Hall–Kier alpha value is -3.73. The number of ether oxygens (including phenoxy) is 2. The first kappa shape index (κ1) is 17.7. The molecule has 5 heteroatoms. The van der Waals surface area contributed by atoms with Crippen LogP contribution >= 0.6 is 0 Å². The number of para-hydroxylation sites is 1. The number of benzene rings is 3. The highest BCUT2D eigenvalue weighted by molar-refractivity contribution is 5.79. The molecular weight excluding hydrogens is 354 g/mol. The monoisotopic (exact) mass is 373 g/mol. The fourth-order valence-electron chi connectivity index (χ4n) is 3.04. The van der Waals surface area contributed by atoms with Gasteiger partial charge in [0.25, 0.3) is 0 Å². The van der Waals surface area contributed by atoms with Gasteiger partial charge in [-0.15, -0.1) is 0 Å². The van der Waals surface area contributed by atoms with Crippen molar-refractivity contribution in [2.75, 3.05) is 14.2 Å². The van der Waals surface area contributed by atoms with E-state index >= 15 is 0 Å². The van der Waals surface area contributed by atoms with Crippen LogP contribution < -0.4 is 14.8 Å². The zero-order chi connectivity index (χ0) is 19.5. The Bertz CT molecular complexity index is 1210. The molecule has 0 saturated carbocycles. The standard InChI is InChI=1S/C23H19NO4/c1-26-21-11-10-15(12-23(21)27-2)22-14-19(18-8-3-4-9-20(18)28-22)24-16-6-5-7-17(25)13-16/h3-14,25H,1-2H3. The van der Waals surface area contributed by atoms with Crippen LogP contribution in [-0.4, -0.2) is 19.3 Å². The van der Waals surface area contributed by atoms with Gasteiger partial charge in [-0.25, -0.2) is 4.99 Å². The third-order valence-corrected chi connectivity index (χ3v) is 4.40. The number of methoxy groups -OCH3 is 2. The molecule has 1 aromatic heterocycles. The number of phenols is 1. The lowest BCUT2D eigenvalue weighted by Gasteiger charge is -2.10. The van der Waals surface area contributed by atoms with E-state index in [-0.39, 0.29) is 5.75 Å². The van der Waals surface area contributed by atoms with E-state index < -0.39 is 0 Å². The molecule has 28 heavy (non-hydrogen) atoms. The second-order valence-electron chi connectivity index (χ2n) is 6.19. The molecule has 140 valence electrons. The first-order valence-corrected chi connectivity index (χ1v) is 8.77. The van der Waals surface area contributed by atoms with Crippen LogP contribution in [0.4, 0.5) is 5.69 Å². The third-order valence-electron chi connectivity index (χ3n) is 4.40. The first-order chi connectivity index (χ1) is 13.7. The maximum absolute atomic E-state index is 9.74. The van der Waals surface area contributed by atoms with Gasteiger partial charge in [-0.3, -0.25) is 0 Å². The summed E-state index contributed by atoms with van der Waals surface area (Å²) in [6.45, 7) is 0. The summed E-state index contributed by atoms with van der Waals surface area (Å²) in [6, 6.07) is 22.1. The number of rotatable bonds is 4. The molecule has 4 rings (SSSR count). The molecule has 0 aliphatic carbocycles. The quantitative estimate of drug-likeness (QED) is 0.543. The molecule has 1 N–H and O–H groups in total. The van der Waals surface area contributed by atoms with Crippen molar-refractivity contribution >= 4 is 16.7 Å². The Balaban J connectivity index is 1.94. The van der Waals surface area contributed by atoms with Gasteiger partial charge in [-0.05, 0) is 42.5 Å². The Labute approximate surface area is 162 Å². The molecule has 4 aromatic rings. The van der Waals surface area contributed by atoms with Crippen molar-refractivity contribution in [1.82, 2.24) is 0 Å². The smallest absolute Gasteiger partial charge is 0.161 e. The summed E-state index contributed by atoms with van der Waals surface area (Å²) in [4.78, 5) is 4.72. The van der Waals surface area contributed by atoms with Crippen LogP contribution in [0.2, 0.25) is 0 Å². The molecule has 3 aromatic carbocycles. The summed E-state index contributed by atoms with van der Waals surface area (Å²) in [5.41, 5.74) is 2.22. The predicted octanol–water partition coefficient (Wildman–Crippen LogP) is 5.06. The second kappa shape index (κ2) is 7.48. The fraction of sp³-hybridized carbons (Fsp3) is 0.0870. The molecule has 5 nitrogen and oxygen atoms in total. The van der Waals surface area contributed by atoms with Crippen molar-refractivity contribution in [1.29, 1.82) is 0 Å². The number of fused-ring (bicyclic) bond motifs is 1. The lowest BCUT2D eigenvalue weighted by molar-refractivity contribution is 0.355. The molecule has 0 saturated heterocycles. The summed E-state index contributed by atoms with van der Waals surface area (Å²) >= 11 is 0. The van der Waals surface area contributed by atoms with Crippen molar-refractivity contribution in [2.24, 2.45) is 4.99 Å². The molecule has 0 aliphatic heterocycles. The number of hydrogen-bond donors (Lipinski definition) is 1. The van der Waals surface area contributed by atoms with Crippen molar-refractivity contribution in [3.05, 3.63) is 78.2 Å². The minimum atomic E-state index is 0.172. The molecule has 0 bridgehead atoms. The number of aromatic hydroxyl groups is 1. The van der Waals surface area contributed by atoms with Gasteiger partial charge in [-0.1, -0.05) is 18.2 Å². The molecule has 0 spiro atoms. The fourth-order valence-corrected chi connectivity index (χ4v) is 3.04. The zero-order valence-corrected chi connectivity index (χ0v) is 15.5. The molecule has 0 atom stereocenters. The average Bonchev–Trinajstić information content (AvgIpc) is 2.73. The molecule has 0 radical (unpaired) electrons. The van der Waals surface area contributed by atoms with E-state index in [1.165, 1.54) is 0 Å². The molecular formula is C23H19NO4. The van der Waals surface area contributed by atoms with Crippen LogP contribution in [-0.2, 0) is 0 Å². The lowest BCUT2D eigenvalue weighted by atomic mass is 10.1. The number of phenolic OH excluding ortho intramolecular Hbond substituents is 1. The van der Waals surface area contributed by atoms with Gasteiger partial charge in [0.2, 0.25) is 0 Å². The highest BCUT2D eigenvalue weighted by Crippen LogP contribution is 2.32. The van der Waals surface area contributed by atoms with Gasteiger partial charge in [0.15, 0.2) is 11.5 Å². The Morgan fingerprint density at radius 1 is 0.821 bits per heavy atom. The minimum Gasteiger partial charge on any atom is -0.508 e. The van der Waals surface area contributed by atoms with Crippen molar-refractivity contribution < 1.29 is 19.0 Å². The summed E-state index contributed by atoms with van der Waals surface area (Å²) in [7, 11) is 3.20. The van der Waals surface area contributed by atoms with Crippen molar-refractivity contribution in [3.63, 3.8) is 0 Å². The highest BCUT2D eigenvalue weighted by Gasteiger charge is 2.10. The van der Waals surface area contributed by atoms with E-state index in [2.05, 4.69) is 0 Å². The molecule has 0 aliphatic rings. The normalized spacial score (nSPS) is 11.6. The Morgan fingerprint density at radius 3 is 2.43 bits per heavy atom. The van der Waals surface area contributed by atoms with Crippen molar-refractivity contribution in [2.45, 2.75) is 0 Å². The van der Waals surface area contributed by atoms with E-state index in [4.69, 9.17) is 18.9 Å². The van der Waals surface area contributed by atoms with E-state index in [0.29, 0.717) is 28.5 Å². The van der Waals surface area contributed by atoms with Crippen molar-refractivity contribution in [3.8, 4) is 28.6 Å². The summed E-state index contributed by atoms with van der Waals surface area (Å²) in [5, 5.41) is 11.4. The number of nitrogens with zero attached hydrogens (tertiary/aromatic N) is 1. The van der Waals surface area contributed by atoms with Gasteiger partial charge in [0.05, 0.1) is 25.3 Å². The summed E-state index contributed by atoms with van der Waals surface area (Å²) < 4.78 is 16.8. The number of hydrogen-bond acceptors (Lipinski definition) is 5. The molecule has 0 unspecified atom stereocenters. The van der Waals surface area contributed by atoms with Crippen LogP contribution in [0, 0.1) is 0 Å². The van der Waals surface area contributed by atoms with E-state index in [9.17, 15) is 5.11 Å². The molecule has 1 heterocycles. The summed E-state index contributed by atoms with van der Waals surface area (Å²) in [6.07, 6.45) is 0. The maximum atomic E-state index is 9.74. The van der Waals surface area contributed by atoms with Gasteiger partial charge < -0.3 is 19.0 Å². The van der Waals surface area contributed by atoms with Crippen LogP contribution in [0.1, 0.15) is 0 Å². The summed E-state index contributed by atoms with van der Waals surface area (Å²) in [5.74, 6) is 2.09. The van der Waals surface area contributed by atoms with Gasteiger partial charge >= 0.3 is 0 Å². The van der Waals surface area contributed by atoms with Crippen LogP contribution in [0.25, 0.3) is 22.3 Å². The van der Waals surface area contributed by atoms with Crippen LogP contribution in [0.5, 0.6) is 17.2 Å². The Kier molecular flexibility index (Phi) is 4.72. The second-order valence-corrected chi connectivity index (χ2v) is 6.19. The largest absolute Gasteiger partial charge is 0.508 e. The highest BCUT2D eigenvalue weighted by atomic mass is 16.5. The van der Waals surface area contributed by atoms with E-state index in [0.717, 1.165) is 16.3 Å². The lowest BCUT2D eigenvalue weighted by Crippen LogP contribution is -2.03.